The molecule has 11 nitrogen and oxygen atoms in total. The first-order valence-electron chi connectivity index (χ1n) is 21.4. The van der Waals surface area contributed by atoms with E-state index in [4.69, 9.17) is 4.74 Å². The number of nitrogens with zero attached hydrogens (tertiary/aromatic N) is 6. The smallest absolute Gasteiger partial charge is 0.271 e. The van der Waals surface area contributed by atoms with Crippen molar-refractivity contribution in [3.63, 3.8) is 0 Å². The molecule has 3 aromatic heterocycles. The van der Waals surface area contributed by atoms with Crippen LogP contribution in [0, 0.1) is 20.8 Å². The highest BCUT2D eigenvalue weighted by Gasteiger charge is 2.15. The van der Waals surface area contributed by atoms with Gasteiger partial charge in [0.15, 0.2) is 0 Å². The average molecular weight is 823 g/mol. The highest BCUT2D eigenvalue weighted by molar-refractivity contribution is 5.96. The van der Waals surface area contributed by atoms with Crippen LogP contribution < -0.4 is 10.3 Å². The summed E-state index contributed by atoms with van der Waals surface area (Å²) in [5.41, 5.74) is 3.85. The van der Waals surface area contributed by atoms with Gasteiger partial charge in [0, 0.05) is 67.9 Å². The Bertz CT molecular complexity index is 1400. The van der Waals surface area contributed by atoms with E-state index in [0.29, 0.717) is 17.1 Å². The Hall–Kier alpha value is -4.54. The van der Waals surface area contributed by atoms with Gasteiger partial charge in [0.1, 0.15) is 16.8 Å². The fourth-order valence-corrected chi connectivity index (χ4v) is 3.27. The van der Waals surface area contributed by atoms with Gasteiger partial charge in [0.05, 0.1) is 7.11 Å². The summed E-state index contributed by atoms with van der Waals surface area (Å²) in [7, 11) is 13.2. The first-order valence-corrected chi connectivity index (χ1v) is 21.4. The second-order valence-corrected chi connectivity index (χ2v) is 9.73. The van der Waals surface area contributed by atoms with E-state index < -0.39 is 0 Å². The first-order chi connectivity index (χ1) is 27.6. The third kappa shape index (κ3) is 35.8. The van der Waals surface area contributed by atoms with Crippen molar-refractivity contribution in [1.29, 1.82) is 0 Å². The van der Waals surface area contributed by atoms with E-state index in [1.54, 1.807) is 86.1 Å². The number of methoxy groups -OCH3 is 1. The Morgan fingerprint density at radius 2 is 0.897 bits per heavy atom. The largest absolute Gasteiger partial charge is 0.480 e. The van der Waals surface area contributed by atoms with Crippen LogP contribution in [0.15, 0.2) is 47.7 Å². The molecule has 58 heavy (non-hydrogen) atoms. The van der Waals surface area contributed by atoms with Gasteiger partial charge in [-0.25, -0.2) is 4.98 Å². The van der Waals surface area contributed by atoms with Crippen molar-refractivity contribution < 1.29 is 19.1 Å². The molecule has 0 spiro atoms. The van der Waals surface area contributed by atoms with Gasteiger partial charge in [-0.15, -0.1) is 0 Å². The Labute approximate surface area is 359 Å². The monoisotopic (exact) mass is 823 g/mol. The molecule has 3 heterocycles. The van der Waals surface area contributed by atoms with Crippen molar-refractivity contribution in [3.05, 3.63) is 86.7 Å². The summed E-state index contributed by atoms with van der Waals surface area (Å²) in [5, 5.41) is 0. The van der Waals surface area contributed by atoms with Crippen LogP contribution in [0.25, 0.3) is 0 Å². The normalized spacial score (nSPS) is 7.67. The van der Waals surface area contributed by atoms with E-state index >= 15 is 0 Å². The maximum Gasteiger partial charge on any atom is 0.271 e. The first kappa shape index (κ1) is 74.4. The number of aromatic nitrogens is 3. The Kier molecular flexibility index (Phi) is 70.0. The van der Waals surface area contributed by atoms with Crippen molar-refractivity contribution in [2.45, 2.75) is 145 Å². The third-order valence-corrected chi connectivity index (χ3v) is 5.32. The average Bonchev–Trinajstić information content (AvgIpc) is 3.28. The van der Waals surface area contributed by atoms with Gasteiger partial charge in [-0.3, -0.25) is 24.2 Å². The minimum absolute atomic E-state index is 0.0568. The fraction of sp³-hybridized carbons (Fsp3) is 0.617. The van der Waals surface area contributed by atoms with Gasteiger partial charge in [-0.1, -0.05) is 125 Å². The molecule has 0 saturated heterocycles. The molecule has 0 unspecified atom stereocenters. The number of ether oxygens (including phenoxy) is 1. The second kappa shape index (κ2) is 54.6. The molecule has 0 saturated carbocycles. The second-order valence-electron chi connectivity index (χ2n) is 9.73. The fourth-order valence-electron chi connectivity index (χ4n) is 3.27. The number of carbonyl (C=O) groups is 3. The zero-order chi connectivity index (χ0) is 48.7. The highest BCUT2D eigenvalue weighted by atomic mass is 16.5. The molecule has 0 aliphatic rings. The number of pyridine rings is 3. The van der Waals surface area contributed by atoms with Crippen LogP contribution in [0.2, 0.25) is 0 Å². The van der Waals surface area contributed by atoms with Crippen LogP contribution in [-0.2, 0) is 7.05 Å². The molecule has 0 fully saturated rings. The minimum Gasteiger partial charge on any atom is -0.480 e. The maximum atomic E-state index is 11.7. The molecule has 3 rings (SSSR count). The number of hydrogen-bond acceptors (Lipinski definition) is 7. The van der Waals surface area contributed by atoms with Crippen LogP contribution in [0.5, 0.6) is 5.88 Å². The van der Waals surface area contributed by atoms with Gasteiger partial charge in [0.25, 0.3) is 23.3 Å². The molecule has 11 heteroatoms. The number of carbonyl (C=O) groups excluding carboxylic acids is 3. The molecule has 3 amide bonds. The Morgan fingerprint density at radius 3 is 1.24 bits per heavy atom. The predicted molar refractivity (Wildman–Crippen MR) is 257 cm³/mol. The maximum absolute atomic E-state index is 11.7. The standard InChI is InChI=1S/2C10H14N2O2.C9H12N2O.9C2H6/c1-7-5-8(10(13)12(2)3)9(14-4)11-6-7;1-7-5-8(9(13)11(2)3)10(14)12(4)6-7;1-7-4-5-10-8(6-7)9(12)11(2)3;9*1-2/h2*5-6H,1-4H3;4-6H,1-3H3;9*1-2H3. The summed E-state index contributed by atoms with van der Waals surface area (Å²) in [5.74, 6) is -0.0413. The number of amides is 3. The summed E-state index contributed by atoms with van der Waals surface area (Å²) < 4.78 is 6.44. The van der Waals surface area contributed by atoms with Crippen LogP contribution in [0.4, 0.5) is 0 Å². The van der Waals surface area contributed by atoms with E-state index in [-0.39, 0.29) is 28.8 Å². The van der Waals surface area contributed by atoms with Gasteiger partial charge < -0.3 is 24.0 Å². The van der Waals surface area contributed by atoms with Gasteiger partial charge in [-0.05, 0) is 61.7 Å². The number of aryl methyl sites for hydroxylation is 4. The quantitative estimate of drug-likeness (QED) is 0.257. The lowest BCUT2D eigenvalue weighted by Gasteiger charge is -2.12. The Balaban J connectivity index is -0.0000000741. The van der Waals surface area contributed by atoms with Crippen molar-refractivity contribution in [3.8, 4) is 5.88 Å². The molecule has 0 aliphatic heterocycles. The SMILES string of the molecule is CC.CC.CC.CC.CC.CC.CC.CC.CC.COc1ncc(C)cc1C(=O)N(C)C.Cc1cc(C(=O)N(C)C)c(=O)n(C)c1.Cc1ccnc(C(=O)N(C)C)c1. The van der Waals surface area contributed by atoms with Crippen molar-refractivity contribution in [2.24, 2.45) is 7.05 Å². The van der Waals surface area contributed by atoms with Crippen molar-refractivity contribution in [2.75, 3.05) is 49.4 Å². The highest BCUT2D eigenvalue weighted by Crippen LogP contribution is 2.17. The summed E-state index contributed by atoms with van der Waals surface area (Å²) in [6.45, 7) is 41.7. The molecular formula is C47H94N6O5. The van der Waals surface area contributed by atoms with E-state index in [1.165, 1.54) is 26.4 Å². The third-order valence-electron chi connectivity index (χ3n) is 5.32. The molecule has 342 valence electrons. The molecule has 0 aliphatic carbocycles. The topological polar surface area (TPSA) is 118 Å². The van der Waals surface area contributed by atoms with Gasteiger partial charge >= 0.3 is 0 Å². The van der Waals surface area contributed by atoms with Crippen molar-refractivity contribution in [1.82, 2.24) is 29.2 Å². The minimum atomic E-state index is -0.255. The molecular weight excluding hydrogens is 729 g/mol. The van der Waals surface area contributed by atoms with E-state index in [0.717, 1.165) is 16.7 Å². The van der Waals surface area contributed by atoms with E-state index in [2.05, 4.69) is 9.97 Å². The van der Waals surface area contributed by atoms with Gasteiger partial charge in [0.2, 0.25) is 5.88 Å². The van der Waals surface area contributed by atoms with Crippen LogP contribution in [-0.4, -0.2) is 96.4 Å². The summed E-state index contributed by atoms with van der Waals surface area (Å²) in [4.78, 5) is 58.6. The Morgan fingerprint density at radius 1 is 0.534 bits per heavy atom. The lowest BCUT2D eigenvalue weighted by Crippen LogP contribution is -2.31. The molecule has 0 atom stereocenters. The lowest BCUT2D eigenvalue weighted by atomic mass is 10.2. The molecule has 3 aromatic rings. The number of rotatable bonds is 4. The summed E-state index contributed by atoms with van der Waals surface area (Å²) in [6, 6.07) is 7.04. The molecule has 0 radical (unpaired) electrons. The lowest BCUT2D eigenvalue weighted by molar-refractivity contribution is 0.0815. The van der Waals surface area contributed by atoms with E-state index in [9.17, 15) is 19.2 Å². The summed E-state index contributed by atoms with van der Waals surface area (Å²) >= 11 is 0. The molecule has 0 N–H and O–H groups in total. The number of hydrogen-bond donors (Lipinski definition) is 0. The zero-order valence-electron chi connectivity index (χ0n) is 43.3. The van der Waals surface area contributed by atoms with Crippen LogP contribution >= 0.6 is 0 Å². The van der Waals surface area contributed by atoms with Crippen LogP contribution in [0.3, 0.4) is 0 Å². The summed E-state index contributed by atoms with van der Waals surface area (Å²) in [6.07, 6.45) is 5.02. The van der Waals surface area contributed by atoms with Crippen molar-refractivity contribution >= 4 is 17.7 Å². The zero-order valence-corrected chi connectivity index (χ0v) is 43.3. The van der Waals surface area contributed by atoms with E-state index in [1.807, 2.05) is 151 Å². The molecule has 0 aromatic carbocycles. The van der Waals surface area contributed by atoms with Gasteiger partial charge in [-0.2, -0.15) is 0 Å². The predicted octanol–water partition coefficient (Wildman–Crippen LogP) is 11.8. The molecule has 0 bridgehead atoms. The van der Waals surface area contributed by atoms with Crippen LogP contribution in [0.1, 0.15) is 173 Å².